The van der Waals surface area contributed by atoms with Crippen LogP contribution < -0.4 is 5.32 Å². The van der Waals surface area contributed by atoms with E-state index in [9.17, 15) is 0 Å². The van der Waals surface area contributed by atoms with Crippen LogP contribution in [-0.4, -0.2) is 19.7 Å². The van der Waals surface area contributed by atoms with E-state index in [1.165, 1.54) is 11.9 Å². The van der Waals surface area contributed by atoms with Crippen LogP contribution in [0.3, 0.4) is 0 Å². The zero-order valence-electron chi connectivity index (χ0n) is 12.1. The Bertz CT molecular complexity index is 742. The Morgan fingerprint density at radius 3 is 2.91 bits per heavy atom. The number of aromatic nitrogens is 4. The summed E-state index contributed by atoms with van der Waals surface area (Å²) in [5, 5.41) is 7.66. The monoisotopic (exact) mass is 357 g/mol. The minimum absolute atomic E-state index is 0.222. The highest BCUT2D eigenvalue weighted by Crippen LogP contribution is 2.17. The van der Waals surface area contributed by atoms with Gasteiger partial charge in [-0.15, -0.1) is 0 Å². The molecule has 0 aliphatic carbocycles. The molecule has 0 aliphatic rings. The predicted octanol–water partition coefficient (Wildman–Crippen LogP) is 3.28. The lowest BCUT2D eigenvalue weighted by molar-refractivity contribution is 0.572. The number of rotatable bonds is 5. The van der Waals surface area contributed by atoms with Gasteiger partial charge in [0.05, 0.1) is 5.69 Å². The van der Waals surface area contributed by atoms with Crippen molar-refractivity contribution in [2.24, 2.45) is 0 Å². The van der Waals surface area contributed by atoms with Crippen LogP contribution in [0.1, 0.15) is 24.1 Å². The topological polar surface area (TPSA) is 55.6 Å². The normalized spacial score (nSPS) is 12.3. The van der Waals surface area contributed by atoms with Crippen molar-refractivity contribution in [2.45, 2.75) is 19.5 Å². The van der Waals surface area contributed by atoms with Gasteiger partial charge in [0.2, 0.25) is 0 Å². The van der Waals surface area contributed by atoms with E-state index in [1.54, 1.807) is 17.2 Å². The van der Waals surface area contributed by atoms with Crippen molar-refractivity contribution in [1.82, 2.24) is 25.1 Å². The second-order valence-corrected chi connectivity index (χ2v) is 5.96. The van der Waals surface area contributed by atoms with E-state index in [4.69, 9.17) is 0 Å². The molecule has 0 saturated heterocycles. The third-order valence-corrected chi connectivity index (χ3v) is 3.87. The summed E-state index contributed by atoms with van der Waals surface area (Å²) in [7, 11) is 0. The highest BCUT2D eigenvalue weighted by atomic mass is 79.9. The average Bonchev–Trinajstić information content (AvgIpc) is 3.07. The second-order valence-electron chi connectivity index (χ2n) is 5.05. The molecule has 1 N–H and O–H groups in total. The molecule has 0 saturated carbocycles. The molecular weight excluding hydrogens is 342 g/mol. The van der Waals surface area contributed by atoms with Crippen molar-refractivity contribution in [3.05, 3.63) is 71.0 Å². The van der Waals surface area contributed by atoms with Gasteiger partial charge in [-0.3, -0.25) is 4.98 Å². The van der Waals surface area contributed by atoms with Crippen LogP contribution in [-0.2, 0) is 6.54 Å². The molecule has 6 heteroatoms. The van der Waals surface area contributed by atoms with E-state index in [-0.39, 0.29) is 6.04 Å². The maximum Gasteiger partial charge on any atom is 0.138 e. The SMILES string of the molecule is CC(NCc1cccc(-n2cncn2)c1)c1cncc(Br)c1. The lowest BCUT2D eigenvalue weighted by atomic mass is 10.1. The van der Waals surface area contributed by atoms with E-state index in [0.717, 1.165) is 22.3 Å². The summed E-state index contributed by atoms with van der Waals surface area (Å²) in [4.78, 5) is 8.18. The standard InChI is InChI=1S/C16H16BrN5/c1-12(14-6-15(17)9-18-8-14)20-7-13-3-2-4-16(5-13)22-11-19-10-21-22/h2-6,8-12,20H,7H2,1H3. The first-order valence-corrected chi connectivity index (χ1v) is 7.79. The minimum Gasteiger partial charge on any atom is -0.306 e. The maximum atomic E-state index is 4.20. The zero-order valence-corrected chi connectivity index (χ0v) is 13.7. The highest BCUT2D eigenvalue weighted by molar-refractivity contribution is 9.10. The molecule has 1 unspecified atom stereocenters. The summed E-state index contributed by atoms with van der Waals surface area (Å²) >= 11 is 3.45. The van der Waals surface area contributed by atoms with Crippen LogP contribution >= 0.6 is 15.9 Å². The molecule has 22 heavy (non-hydrogen) atoms. The summed E-state index contributed by atoms with van der Waals surface area (Å²) in [6, 6.07) is 10.5. The van der Waals surface area contributed by atoms with Gasteiger partial charge in [0, 0.05) is 29.5 Å². The van der Waals surface area contributed by atoms with Gasteiger partial charge < -0.3 is 5.32 Å². The van der Waals surface area contributed by atoms with Crippen LogP contribution in [0.4, 0.5) is 0 Å². The molecule has 0 spiro atoms. The van der Waals surface area contributed by atoms with Crippen molar-refractivity contribution in [1.29, 1.82) is 0 Å². The molecule has 1 aromatic carbocycles. The molecule has 112 valence electrons. The van der Waals surface area contributed by atoms with Crippen LogP contribution in [0.15, 0.2) is 59.9 Å². The molecular formula is C16H16BrN5. The van der Waals surface area contributed by atoms with Gasteiger partial charge in [-0.1, -0.05) is 12.1 Å². The third kappa shape index (κ3) is 3.58. The van der Waals surface area contributed by atoms with Gasteiger partial charge in [0.1, 0.15) is 12.7 Å². The van der Waals surface area contributed by atoms with Gasteiger partial charge in [-0.25, -0.2) is 9.67 Å². The van der Waals surface area contributed by atoms with E-state index in [0.29, 0.717) is 0 Å². The second kappa shape index (κ2) is 6.81. The Morgan fingerprint density at radius 2 is 2.14 bits per heavy atom. The maximum absolute atomic E-state index is 4.20. The average molecular weight is 358 g/mol. The highest BCUT2D eigenvalue weighted by Gasteiger charge is 2.06. The van der Waals surface area contributed by atoms with Gasteiger partial charge >= 0.3 is 0 Å². The predicted molar refractivity (Wildman–Crippen MR) is 88.6 cm³/mol. The summed E-state index contributed by atoms with van der Waals surface area (Å²) in [6.45, 7) is 2.90. The Balaban J connectivity index is 1.68. The van der Waals surface area contributed by atoms with E-state index >= 15 is 0 Å². The van der Waals surface area contributed by atoms with Crippen molar-refractivity contribution in [3.8, 4) is 5.69 Å². The number of pyridine rings is 1. The summed E-state index contributed by atoms with van der Waals surface area (Å²) in [5.41, 5.74) is 3.36. The number of nitrogens with one attached hydrogen (secondary N) is 1. The van der Waals surface area contributed by atoms with E-state index in [1.807, 2.05) is 18.3 Å². The number of nitrogens with zero attached hydrogens (tertiary/aromatic N) is 4. The molecule has 0 bridgehead atoms. The van der Waals surface area contributed by atoms with Crippen LogP contribution in [0.25, 0.3) is 5.69 Å². The van der Waals surface area contributed by atoms with Crippen molar-refractivity contribution >= 4 is 15.9 Å². The third-order valence-electron chi connectivity index (χ3n) is 3.43. The minimum atomic E-state index is 0.222. The molecule has 0 aliphatic heterocycles. The van der Waals surface area contributed by atoms with Crippen molar-refractivity contribution in [2.75, 3.05) is 0 Å². The Morgan fingerprint density at radius 1 is 1.23 bits per heavy atom. The molecule has 3 rings (SSSR count). The van der Waals surface area contributed by atoms with Gasteiger partial charge in [0.25, 0.3) is 0 Å². The fourth-order valence-electron chi connectivity index (χ4n) is 2.20. The number of hydrogen-bond acceptors (Lipinski definition) is 4. The van der Waals surface area contributed by atoms with Gasteiger partial charge in [-0.05, 0) is 52.2 Å². The fourth-order valence-corrected chi connectivity index (χ4v) is 2.59. The van der Waals surface area contributed by atoms with Crippen molar-refractivity contribution < 1.29 is 0 Å². The molecule has 3 aromatic rings. The van der Waals surface area contributed by atoms with Gasteiger partial charge in [-0.2, -0.15) is 5.10 Å². The Kier molecular flexibility index (Phi) is 4.60. The first-order valence-electron chi connectivity index (χ1n) is 7.00. The number of benzene rings is 1. The summed E-state index contributed by atoms with van der Waals surface area (Å²) < 4.78 is 2.75. The number of halogens is 1. The van der Waals surface area contributed by atoms with Crippen LogP contribution in [0.2, 0.25) is 0 Å². The molecule has 5 nitrogen and oxygen atoms in total. The summed E-state index contributed by atoms with van der Waals surface area (Å²) in [5.74, 6) is 0. The smallest absolute Gasteiger partial charge is 0.138 e. The van der Waals surface area contributed by atoms with E-state index in [2.05, 4.69) is 61.4 Å². The van der Waals surface area contributed by atoms with Gasteiger partial charge in [0.15, 0.2) is 0 Å². The Labute approximate surface area is 137 Å². The zero-order chi connectivity index (χ0) is 15.4. The fraction of sp³-hybridized carbons (Fsp3) is 0.188. The summed E-state index contributed by atoms with van der Waals surface area (Å²) in [6.07, 6.45) is 6.90. The molecule has 2 heterocycles. The number of hydrogen-bond donors (Lipinski definition) is 1. The van der Waals surface area contributed by atoms with E-state index < -0.39 is 0 Å². The lowest BCUT2D eigenvalue weighted by Gasteiger charge is -2.14. The molecule has 0 fully saturated rings. The first-order chi connectivity index (χ1) is 10.7. The molecule has 2 aromatic heterocycles. The molecule has 1 atom stereocenters. The van der Waals surface area contributed by atoms with Crippen LogP contribution in [0, 0.1) is 0 Å². The lowest BCUT2D eigenvalue weighted by Crippen LogP contribution is -2.18. The molecule has 0 amide bonds. The molecule has 0 radical (unpaired) electrons. The van der Waals surface area contributed by atoms with Crippen LogP contribution in [0.5, 0.6) is 0 Å². The van der Waals surface area contributed by atoms with Crippen molar-refractivity contribution in [3.63, 3.8) is 0 Å². The first kappa shape index (κ1) is 14.9. The quantitative estimate of drug-likeness (QED) is 0.761. The largest absolute Gasteiger partial charge is 0.306 e. The Hall–Kier alpha value is -2.05.